The van der Waals surface area contributed by atoms with Gasteiger partial charge in [-0.25, -0.2) is 5.06 Å². The van der Waals surface area contributed by atoms with E-state index in [0.29, 0.717) is 5.06 Å². The van der Waals surface area contributed by atoms with Gasteiger partial charge in [-0.1, -0.05) is 12.8 Å². The predicted molar refractivity (Wildman–Crippen MR) is 41.8 cm³/mol. The first-order valence-electron chi connectivity index (χ1n) is 4.55. The van der Waals surface area contributed by atoms with Gasteiger partial charge in [0.25, 0.3) is 0 Å². The quantitative estimate of drug-likeness (QED) is 0.518. The van der Waals surface area contributed by atoms with Crippen molar-refractivity contribution in [2.24, 2.45) is 0 Å². The van der Waals surface area contributed by atoms with Crippen LogP contribution in [-0.4, -0.2) is 39.7 Å². The minimum atomic E-state index is -1.48. The fraction of sp³-hybridized carbons (Fsp3) is 0.875. The zero-order chi connectivity index (χ0) is 9.42. The first-order valence-corrected chi connectivity index (χ1v) is 4.55. The van der Waals surface area contributed by atoms with Crippen molar-refractivity contribution < 1.29 is 19.8 Å². The number of hydrogen-bond acceptors (Lipinski definition) is 4. The fourth-order valence-corrected chi connectivity index (χ4v) is 2.02. The molecule has 2 fully saturated rings. The highest BCUT2D eigenvalue weighted by molar-refractivity contribution is 5.79. The second-order valence-electron chi connectivity index (χ2n) is 3.56. The topological polar surface area (TPSA) is 70.0 Å². The molecular weight excluding hydrogens is 174 g/mol. The summed E-state index contributed by atoms with van der Waals surface area (Å²) in [7, 11) is 0. The summed E-state index contributed by atoms with van der Waals surface area (Å²) < 4.78 is 5.08. The van der Waals surface area contributed by atoms with Gasteiger partial charge in [-0.3, -0.25) is 10.0 Å². The van der Waals surface area contributed by atoms with Crippen LogP contribution in [0.5, 0.6) is 0 Å². The third kappa shape index (κ3) is 1.43. The second kappa shape index (κ2) is 3.25. The van der Waals surface area contributed by atoms with Gasteiger partial charge >= 0.3 is 5.91 Å². The zero-order valence-electron chi connectivity index (χ0n) is 7.22. The molecule has 5 heteroatoms. The maximum absolute atomic E-state index is 11.1. The van der Waals surface area contributed by atoms with Crippen LogP contribution in [0.25, 0.3) is 0 Å². The van der Waals surface area contributed by atoms with E-state index in [4.69, 9.17) is 9.84 Å². The lowest BCUT2D eigenvalue weighted by Crippen LogP contribution is -2.57. The fourth-order valence-electron chi connectivity index (χ4n) is 2.02. The first-order chi connectivity index (χ1) is 6.20. The highest BCUT2D eigenvalue weighted by Gasteiger charge is 2.42. The summed E-state index contributed by atoms with van der Waals surface area (Å²) in [5.74, 6) is -0.747. The number of carbonyl (C=O) groups is 1. The third-order valence-corrected chi connectivity index (χ3v) is 2.72. The highest BCUT2D eigenvalue weighted by Crippen LogP contribution is 2.29. The molecule has 0 aromatic rings. The van der Waals surface area contributed by atoms with Crippen molar-refractivity contribution in [2.75, 3.05) is 0 Å². The summed E-state index contributed by atoms with van der Waals surface area (Å²) in [6.45, 7) is 0. The van der Waals surface area contributed by atoms with Gasteiger partial charge < -0.3 is 9.84 Å². The van der Waals surface area contributed by atoms with E-state index in [1.54, 1.807) is 0 Å². The SMILES string of the molecule is O=C1C(O)OC2CCCCC2N1O. The van der Waals surface area contributed by atoms with E-state index in [2.05, 4.69) is 0 Å². The molecule has 3 unspecified atom stereocenters. The van der Waals surface area contributed by atoms with Crippen molar-refractivity contribution in [3.05, 3.63) is 0 Å². The summed E-state index contributed by atoms with van der Waals surface area (Å²) in [4.78, 5) is 11.1. The minimum Gasteiger partial charge on any atom is -0.360 e. The Morgan fingerprint density at radius 2 is 2.08 bits per heavy atom. The number of aliphatic hydroxyl groups excluding tert-OH is 1. The van der Waals surface area contributed by atoms with Crippen LogP contribution < -0.4 is 0 Å². The molecule has 1 amide bonds. The Morgan fingerprint density at radius 1 is 1.38 bits per heavy atom. The summed E-state index contributed by atoms with van der Waals surface area (Å²) in [5.41, 5.74) is 0. The number of aliphatic hydroxyl groups is 1. The Balaban J connectivity index is 2.12. The molecule has 1 heterocycles. The molecule has 0 bridgehead atoms. The maximum Gasteiger partial charge on any atom is 0.303 e. The molecule has 13 heavy (non-hydrogen) atoms. The molecule has 1 saturated carbocycles. The Kier molecular flexibility index (Phi) is 2.23. The monoisotopic (exact) mass is 187 g/mol. The number of hydroxylamine groups is 2. The van der Waals surface area contributed by atoms with Crippen LogP contribution >= 0.6 is 0 Å². The van der Waals surface area contributed by atoms with Crippen LogP contribution in [-0.2, 0) is 9.53 Å². The maximum atomic E-state index is 11.1. The lowest BCUT2D eigenvalue weighted by atomic mass is 9.91. The van der Waals surface area contributed by atoms with Gasteiger partial charge in [-0.05, 0) is 12.8 Å². The van der Waals surface area contributed by atoms with Crippen LogP contribution in [0, 0.1) is 0 Å². The summed E-state index contributed by atoms with van der Waals surface area (Å²) >= 11 is 0. The Morgan fingerprint density at radius 3 is 2.85 bits per heavy atom. The Labute approximate surface area is 75.9 Å². The number of fused-ring (bicyclic) bond motifs is 1. The average Bonchev–Trinajstić information content (AvgIpc) is 2.15. The molecule has 0 spiro atoms. The minimum absolute atomic E-state index is 0.202. The van der Waals surface area contributed by atoms with Gasteiger partial charge in [0.15, 0.2) is 0 Å². The molecule has 0 aromatic heterocycles. The van der Waals surface area contributed by atoms with Crippen molar-refractivity contribution in [1.29, 1.82) is 0 Å². The summed E-state index contributed by atoms with van der Waals surface area (Å²) in [5, 5.41) is 19.1. The second-order valence-corrected chi connectivity index (χ2v) is 3.56. The number of rotatable bonds is 0. The van der Waals surface area contributed by atoms with E-state index in [1.807, 2.05) is 0 Å². The predicted octanol–water partition coefficient (Wildman–Crippen LogP) is -0.136. The van der Waals surface area contributed by atoms with E-state index in [-0.39, 0.29) is 12.1 Å². The number of nitrogens with zero attached hydrogens (tertiary/aromatic N) is 1. The summed E-state index contributed by atoms with van der Waals surface area (Å²) in [6, 6.07) is -0.260. The van der Waals surface area contributed by atoms with Gasteiger partial charge in [0.1, 0.15) is 0 Å². The lowest BCUT2D eigenvalue weighted by Gasteiger charge is -2.41. The lowest BCUT2D eigenvalue weighted by molar-refractivity contribution is -0.264. The van der Waals surface area contributed by atoms with E-state index >= 15 is 0 Å². The smallest absolute Gasteiger partial charge is 0.303 e. The van der Waals surface area contributed by atoms with Crippen LogP contribution in [0.2, 0.25) is 0 Å². The molecule has 0 aromatic carbocycles. The molecular formula is C8H13NO4. The average molecular weight is 187 g/mol. The van der Waals surface area contributed by atoms with Crippen LogP contribution in [0.1, 0.15) is 25.7 Å². The molecule has 2 rings (SSSR count). The van der Waals surface area contributed by atoms with Crippen molar-refractivity contribution in [3.8, 4) is 0 Å². The molecule has 2 aliphatic rings. The van der Waals surface area contributed by atoms with Gasteiger partial charge in [0, 0.05) is 0 Å². The van der Waals surface area contributed by atoms with Gasteiger partial charge in [0.05, 0.1) is 12.1 Å². The molecule has 1 aliphatic carbocycles. The molecule has 74 valence electrons. The van der Waals surface area contributed by atoms with E-state index < -0.39 is 12.2 Å². The van der Waals surface area contributed by atoms with Crippen molar-refractivity contribution in [1.82, 2.24) is 5.06 Å². The summed E-state index contributed by atoms with van der Waals surface area (Å²) in [6.07, 6.45) is 1.88. The Hall–Kier alpha value is -0.650. The van der Waals surface area contributed by atoms with Crippen LogP contribution in [0.4, 0.5) is 0 Å². The zero-order valence-corrected chi connectivity index (χ0v) is 7.22. The molecule has 1 saturated heterocycles. The van der Waals surface area contributed by atoms with Gasteiger partial charge in [0.2, 0.25) is 6.29 Å². The number of carbonyl (C=O) groups excluding carboxylic acids is 1. The van der Waals surface area contributed by atoms with Crippen molar-refractivity contribution in [2.45, 2.75) is 44.1 Å². The van der Waals surface area contributed by atoms with E-state index in [1.165, 1.54) is 0 Å². The van der Waals surface area contributed by atoms with E-state index in [9.17, 15) is 10.0 Å². The largest absolute Gasteiger partial charge is 0.360 e. The van der Waals surface area contributed by atoms with Crippen LogP contribution in [0.15, 0.2) is 0 Å². The number of hydrogen-bond donors (Lipinski definition) is 2. The standard InChI is InChI=1S/C8H13NO4/c10-7-8(11)13-6-4-2-1-3-5(6)9(7)12/h5-6,8,11-12H,1-4H2. The molecule has 5 nitrogen and oxygen atoms in total. The van der Waals surface area contributed by atoms with Gasteiger partial charge in [-0.15, -0.1) is 0 Å². The first kappa shape index (κ1) is 8.93. The third-order valence-electron chi connectivity index (χ3n) is 2.72. The number of ether oxygens (including phenoxy) is 1. The Bertz CT molecular complexity index is 220. The van der Waals surface area contributed by atoms with Crippen molar-refractivity contribution in [3.63, 3.8) is 0 Å². The van der Waals surface area contributed by atoms with E-state index in [0.717, 1.165) is 25.7 Å². The normalized spacial score (nSPS) is 40.3. The highest BCUT2D eigenvalue weighted by atomic mass is 16.6. The number of amides is 1. The number of morpholine rings is 1. The molecule has 1 aliphatic heterocycles. The van der Waals surface area contributed by atoms with Gasteiger partial charge in [-0.2, -0.15) is 0 Å². The van der Waals surface area contributed by atoms with Crippen molar-refractivity contribution >= 4 is 5.91 Å². The molecule has 3 atom stereocenters. The van der Waals surface area contributed by atoms with Crippen LogP contribution in [0.3, 0.4) is 0 Å². The molecule has 2 N–H and O–H groups in total. The molecule has 0 radical (unpaired) electrons.